The Bertz CT molecular complexity index is 878. The van der Waals surface area contributed by atoms with Crippen molar-refractivity contribution >= 4 is 33.4 Å². The number of nitrogens with zero attached hydrogens (tertiary/aromatic N) is 1. The van der Waals surface area contributed by atoms with Gasteiger partial charge in [0.25, 0.3) is 11.8 Å². The largest absolute Gasteiger partial charge is 0.484 e. The van der Waals surface area contributed by atoms with Crippen LogP contribution in [0, 0.1) is 6.92 Å². The highest BCUT2D eigenvalue weighted by molar-refractivity contribution is 9.10. The lowest BCUT2D eigenvalue weighted by Crippen LogP contribution is -2.38. The summed E-state index contributed by atoms with van der Waals surface area (Å²) >= 11 is 3.45. The first-order valence-corrected chi connectivity index (χ1v) is 10.8. The average molecular weight is 459 g/mol. The maximum Gasteiger partial charge on any atom is 0.264 e. The Hall–Kier alpha value is -2.34. The highest BCUT2D eigenvalue weighted by Crippen LogP contribution is 2.24. The van der Waals surface area contributed by atoms with E-state index in [1.807, 2.05) is 37.3 Å². The molecule has 1 saturated carbocycles. The topological polar surface area (TPSA) is 58.6 Å². The zero-order valence-corrected chi connectivity index (χ0v) is 18.5. The number of anilines is 1. The molecule has 0 unspecified atom stereocenters. The molecule has 0 aromatic heterocycles. The number of hydrogen-bond donors (Lipinski definition) is 1. The summed E-state index contributed by atoms with van der Waals surface area (Å²) in [5.41, 5.74) is 2.13. The number of nitrogens with one attached hydrogen (secondary N) is 1. The van der Waals surface area contributed by atoms with Gasteiger partial charge in [-0.05, 0) is 55.7 Å². The number of likely N-dealkylation sites (N-methyl/N-ethyl adjacent to an activating group) is 1. The molecule has 0 atom stereocenters. The van der Waals surface area contributed by atoms with Crippen LogP contribution in [-0.4, -0.2) is 31.5 Å². The van der Waals surface area contributed by atoms with Crippen LogP contribution in [0.1, 0.15) is 48.0 Å². The molecule has 0 saturated heterocycles. The van der Waals surface area contributed by atoms with Crippen LogP contribution in [0.3, 0.4) is 0 Å². The number of ether oxygens (including phenoxy) is 1. The van der Waals surface area contributed by atoms with Crippen LogP contribution < -0.4 is 15.0 Å². The van der Waals surface area contributed by atoms with Crippen molar-refractivity contribution in [2.24, 2.45) is 0 Å². The van der Waals surface area contributed by atoms with Crippen LogP contribution in [0.5, 0.6) is 5.75 Å². The standard InChI is InChI=1S/C23H27BrN2O3/c1-16-14-18(12-13-20(16)24)29-15-22(27)26(2)21-11-7-6-10-19(21)23(28)25-17-8-4-3-5-9-17/h6-7,10-14,17H,3-5,8-9,15H2,1-2H3,(H,25,28). The molecule has 0 bridgehead atoms. The summed E-state index contributed by atoms with van der Waals surface area (Å²) in [5, 5.41) is 3.13. The van der Waals surface area contributed by atoms with Crippen molar-refractivity contribution in [3.63, 3.8) is 0 Å². The molecular formula is C23H27BrN2O3. The summed E-state index contributed by atoms with van der Waals surface area (Å²) in [6, 6.07) is 13.0. The minimum absolute atomic E-state index is 0.101. The van der Waals surface area contributed by atoms with E-state index in [9.17, 15) is 9.59 Å². The second-order valence-corrected chi connectivity index (χ2v) is 8.33. The van der Waals surface area contributed by atoms with Gasteiger partial charge in [-0.1, -0.05) is 47.3 Å². The van der Waals surface area contributed by atoms with Crippen molar-refractivity contribution in [2.45, 2.75) is 45.1 Å². The van der Waals surface area contributed by atoms with Crippen molar-refractivity contribution in [1.82, 2.24) is 5.32 Å². The third-order valence-electron chi connectivity index (χ3n) is 5.32. The summed E-state index contributed by atoms with van der Waals surface area (Å²) in [7, 11) is 1.67. The van der Waals surface area contributed by atoms with Gasteiger partial charge in [0.05, 0.1) is 11.3 Å². The van der Waals surface area contributed by atoms with E-state index in [1.54, 1.807) is 19.2 Å². The summed E-state index contributed by atoms with van der Waals surface area (Å²) in [6.07, 6.45) is 5.57. The molecule has 1 aliphatic carbocycles. The summed E-state index contributed by atoms with van der Waals surface area (Å²) in [5.74, 6) is 0.288. The number of hydrogen-bond acceptors (Lipinski definition) is 3. The van der Waals surface area contributed by atoms with Gasteiger partial charge in [-0.2, -0.15) is 0 Å². The van der Waals surface area contributed by atoms with Gasteiger partial charge < -0.3 is 15.0 Å². The van der Waals surface area contributed by atoms with Crippen LogP contribution in [0.15, 0.2) is 46.9 Å². The first-order valence-electron chi connectivity index (χ1n) is 10.0. The summed E-state index contributed by atoms with van der Waals surface area (Å²) in [4.78, 5) is 27.0. The monoisotopic (exact) mass is 458 g/mol. The Kier molecular flexibility index (Phi) is 7.31. The van der Waals surface area contributed by atoms with Crippen molar-refractivity contribution in [2.75, 3.05) is 18.6 Å². The molecule has 2 aromatic rings. The first-order chi connectivity index (χ1) is 14.0. The Morgan fingerprint density at radius 2 is 1.86 bits per heavy atom. The van der Waals surface area contributed by atoms with E-state index in [0.717, 1.165) is 35.7 Å². The van der Waals surface area contributed by atoms with Crippen molar-refractivity contribution in [3.05, 3.63) is 58.1 Å². The number of benzene rings is 2. The Labute approximate surface area is 180 Å². The molecule has 2 amide bonds. The van der Waals surface area contributed by atoms with E-state index in [0.29, 0.717) is 17.0 Å². The molecule has 2 aromatic carbocycles. The van der Waals surface area contributed by atoms with E-state index < -0.39 is 0 Å². The summed E-state index contributed by atoms with van der Waals surface area (Å²) < 4.78 is 6.65. The van der Waals surface area contributed by atoms with Gasteiger partial charge in [-0.3, -0.25) is 9.59 Å². The molecule has 5 nitrogen and oxygen atoms in total. The first kappa shape index (κ1) is 21.4. The lowest BCUT2D eigenvalue weighted by Gasteiger charge is -2.25. The van der Waals surface area contributed by atoms with E-state index in [-0.39, 0.29) is 24.5 Å². The van der Waals surface area contributed by atoms with Crippen LogP contribution in [0.4, 0.5) is 5.69 Å². The van der Waals surface area contributed by atoms with Crippen molar-refractivity contribution in [1.29, 1.82) is 0 Å². The maximum atomic E-state index is 12.8. The molecule has 6 heteroatoms. The van der Waals surface area contributed by atoms with Gasteiger partial charge in [0, 0.05) is 17.6 Å². The normalized spacial score (nSPS) is 14.3. The molecule has 0 aliphatic heterocycles. The maximum absolute atomic E-state index is 12.8. The molecule has 1 fully saturated rings. The van der Waals surface area contributed by atoms with Crippen LogP contribution in [-0.2, 0) is 4.79 Å². The lowest BCUT2D eigenvalue weighted by atomic mass is 9.95. The van der Waals surface area contributed by atoms with Gasteiger partial charge in [0.2, 0.25) is 0 Å². The van der Waals surface area contributed by atoms with Crippen LogP contribution >= 0.6 is 15.9 Å². The number of amides is 2. The number of halogens is 1. The van der Waals surface area contributed by atoms with Crippen LogP contribution in [0.25, 0.3) is 0 Å². The molecular weight excluding hydrogens is 432 g/mol. The highest BCUT2D eigenvalue weighted by Gasteiger charge is 2.22. The molecule has 1 aliphatic rings. The highest BCUT2D eigenvalue weighted by atomic mass is 79.9. The molecule has 0 spiro atoms. The zero-order chi connectivity index (χ0) is 20.8. The Morgan fingerprint density at radius 1 is 1.14 bits per heavy atom. The molecule has 1 N–H and O–H groups in total. The van der Waals surface area contributed by atoms with Gasteiger partial charge >= 0.3 is 0 Å². The SMILES string of the molecule is Cc1cc(OCC(=O)N(C)c2ccccc2C(=O)NC2CCCCC2)ccc1Br. The van der Waals surface area contributed by atoms with Gasteiger partial charge in [-0.15, -0.1) is 0 Å². The van der Waals surface area contributed by atoms with Gasteiger partial charge in [-0.25, -0.2) is 0 Å². The van der Waals surface area contributed by atoms with Gasteiger partial charge in [0.1, 0.15) is 5.75 Å². The van der Waals surface area contributed by atoms with Crippen molar-refractivity contribution < 1.29 is 14.3 Å². The number of aryl methyl sites for hydroxylation is 1. The molecule has 0 heterocycles. The number of rotatable bonds is 6. The number of carbonyl (C=O) groups excluding carboxylic acids is 2. The quantitative estimate of drug-likeness (QED) is 0.671. The molecule has 29 heavy (non-hydrogen) atoms. The van der Waals surface area contributed by atoms with Crippen LogP contribution in [0.2, 0.25) is 0 Å². The van der Waals surface area contributed by atoms with Gasteiger partial charge in [0.15, 0.2) is 6.61 Å². The average Bonchev–Trinajstić information content (AvgIpc) is 2.74. The Balaban J connectivity index is 1.66. The number of para-hydroxylation sites is 1. The predicted octanol–water partition coefficient (Wildman–Crippen LogP) is 4.86. The van der Waals surface area contributed by atoms with E-state index in [1.165, 1.54) is 11.3 Å². The summed E-state index contributed by atoms with van der Waals surface area (Å²) in [6.45, 7) is 1.86. The fourth-order valence-electron chi connectivity index (χ4n) is 3.55. The fraction of sp³-hybridized carbons (Fsp3) is 0.391. The predicted molar refractivity (Wildman–Crippen MR) is 119 cm³/mol. The second-order valence-electron chi connectivity index (χ2n) is 7.48. The molecule has 3 rings (SSSR count). The Morgan fingerprint density at radius 3 is 2.59 bits per heavy atom. The molecule has 154 valence electrons. The fourth-order valence-corrected chi connectivity index (χ4v) is 3.80. The smallest absolute Gasteiger partial charge is 0.264 e. The van der Waals surface area contributed by atoms with E-state index in [2.05, 4.69) is 21.2 Å². The number of carbonyl (C=O) groups is 2. The van der Waals surface area contributed by atoms with E-state index in [4.69, 9.17) is 4.74 Å². The molecule has 0 radical (unpaired) electrons. The minimum Gasteiger partial charge on any atom is -0.484 e. The minimum atomic E-state index is -0.219. The zero-order valence-electron chi connectivity index (χ0n) is 16.9. The second kappa shape index (κ2) is 9.92. The van der Waals surface area contributed by atoms with Crippen molar-refractivity contribution in [3.8, 4) is 5.75 Å². The van der Waals surface area contributed by atoms with E-state index >= 15 is 0 Å². The lowest BCUT2D eigenvalue weighted by molar-refractivity contribution is -0.120. The third kappa shape index (κ3) is 5.60. The third-order valence-corrected chi connectivity index (χ3v) is 6.21.